The number of amides is 2. The minimum absolute atomic E-state index is 0.0741. The van der Waals surface area contributed by atoms with Crippen molar-refractivity contribution in [3.05, 3.63) is 105 Å². The van der Waals surface area contributed by atoms with Crippen molar-refractivity contribution in [1.82, 2.24) is 10.2 Å². The highest BCUT2D eigenvalue weighted by molar-refractivity contribution is 9.10. The number of nitrogens with one attached hydrogen (secondary N) is 1. The molecule has 3 aromatic carbocycles. The van der Waals surface area contributed by atoms with Crippen LogP contribution in [0, 0.1) is 0 Å². The number of hydrogen-bond donors (Lipinski definition) is 1. The summed E-state index contributed by atoms with van der Waals surface area (Å²) in [4.78, 5) is 28.9. The van der Waals surface area contributed by atoms with E-state index in [0.29, 0.717) is 23.7 Å². The number of thioether (sulfide) groups is 1. The van der Waals surface area contributed by atoms with Gasteiger partial charge in [0.1, 0.15) is 6.04 Å². The van der Waals surface area contributed by atoms with Gasteiger partial charge < -0.3 is 10.2 Å². The molecule has 0 spiro atoms. The summed E-state index contributed by atoms with van der Waals surface area (Å²) in [5.41, 5.74) is 2.62. The van der Waals surface area contributed by atoms with Crippen molar-refractivity contribution in [2.45, 2.75) is 51.1 Å². The van der Waals surface area contributed by atoms with Gasteiger partial charge in [-0.3, -0.25) is 9.59 Å². The Bertz CT molecular complexity index is 1150. The fourth-order valence-corrected chi connectivity index (χ4v) is 5.09. The largest absolute Gasteiger partial charge is 0.350 e. The average molecular weight is 588 g/mol. The van der Waals surface area contributed by atoms with Crippen LogP contribution in [0.15, 0.2) is 83.3 Å². The first-order chi connectivity index (χ1) is 17.1. The minimum Gasteiger partial charge on any atom is -0.350 e. The maximum absolute atomic E-state index is 13.7. The molecule has 190 valence electrons. The molecule has 0 saturated carbocycles. The molecular formula is C29H32BrClN2O2S. The van der Waals surface area contributed by atoms with Crippen LogP contribution in [-0.2, 0) is 28.3 Å². The van der Waals surface area contributed by atoms with Crippen LogP contribution in [0.4, 0.5) is 0 Å². The molecule has 1 atom stereocenters. The number of nitrogens with zero attached hydrogens (tertiary/aromatic N) is 1. The number of rotatable bonds is 10. The lowest BCUT2D eigenvalue weighted by Crippen LogP contribution is -2.54. The summed E-state index contributed by atoms with van der Waals surface area (Å²) < 4.78 is 0.965. The maximum atomic E-state index is 13.7. The van der Waals surface area contributed by atoms with Crippen LogP contribution >= 0.6 is 39.3 Å². The van der Waals surface area contributed by atoms with Gasteiger partial charge >= 0.3 is 0 Å². The quantitative estimate of drug-likeness (QED) is 0.281. The molecule has 1 N–H and O–H groups in total. The number of hydrogen-bond acceptors (Lipinski definition) is 3. The Balaban J connectivity index is 1.86. The molecule has 0 aliphatic rings. The Morgan fingerprint density at radius 3 is 2.25 bits per heavy atom. The highest BCUT2D eigenvalue weighted by Crippen LogP contribution is 2.21. The van der Waals surface area contributed by atoms with E-state index >= 15 is 0 Å². The van der Waals surface area contributed by atoms with Crippen LogP contribution in [0.3, 0.4) is 0 Å². The third-order valence-corrected chi connectivity index (χ3v) is 7.17. The van der Waals surface area contributed by atoms with Gasteiger partial charge in [-0.2, -0.15) is 0 Å². The lowest BCUT2D eigenvalue weighted by atomic mass is 10.0. The molecule has 0 aliphatic heterocycles. The molecule has 0 aromatic heterocycles. The van der Waals surface area contributed by atoms with E-state index in [2.05, 4.69) is 21.2 Å². The maximum Gasteiger partial charge on any atom is 0.243 e. The fourth-order valence-electron chi connectivity index (χ4n) is 3.76. The van der Waals surface area contributed by atoms with Gasteiger partial charge in [-0.15, -0.1) is 11.8 Å². The lowest BCUT2D eigenvalue weighted by Gasteiger charge is -2.34. The van der Waals surface area contributed by atoms with E-state index in [4.69, 9.17) is 11.6 Å². The zero-order chi connectivity index (χ0) is 26.1. The zero-order valence-corrected chi connectivity index (χ0v) is 24.0. The smallest absolute Gasteiger partial charge is 0.243 e. The van der Waals surface area contributed by atoms with Gasteiger partial charge in [0.2, 0.25) is 11.8 Å². The van der Waals surface area contributed by atoms with Crippen LogP contribution < -0.4 is 5.32 Å². The molecule has 0 unspecified atom stereocenters. The Labute approximate surface area is 231 Å². The van der Waals surface area contributed by atoms with Crippen molar-refractivity contribution in [3.63, 3.8) is 0 Å². The molecule has 0 radical (unpaired) electrons. The van der Waals surface area contributed by atoms with Crippen LogP contribution in [0.5, 0.6) is 0 Å². The van der Waals surface area contributed by atoms with Crippen molar-refractivity contribution in [3.8, 4) is 0 Å². The summed E-state index contributed by atoms with van der Waals surface area (Å²) in [7, 11) is 0. The van der Waals surface area contributed by atoms with E-state index in [0.717, 1.165) is 21.2 Å². The van der Waals surface area contributed by atoms with Crippen LogP contribution in [0.1, 0.15) is 37.5 Å². The van der Waals surface area contributed by atoms with Crippen LogP contribution in [0.2, 0.25) is 5.02 Å². The second kappa shape index (κ2) is 13.3. The number of benzene rings is 3. The first kappa shape index (κ1) is 28.3. The second-order valence-corrected chi connectivity index (χ2v) is 12.1. The summed E-state index contributed by atoms with van der Waals surface area (Å²) in [5.74, 6) is 0.694. The Morgan fingerprint density at radius 2 is 1.61 bits per heavy atom. The first-order valence-corrected chi connectivity index (χ1v) is 14.2. The lowest BCUT2D eigenvalue weighted by molar-refractivity contribution is -0.140. The minimum atomic E-state index is -0.644. The zero-order valence-electron chi connectivity index (χ0n) is 20.8. The number of halogens is 2. The average Bonchev–Trinajstić information content (AvgIpc) is 2.82. The molecule has 36 heavy (non-hydrogen) atoms. The monoisotopic (exact) mass is 586 g/mol. The van der Waals surface area contributed by atoms with Crippen molar-refractivity contribution < 1.29 is 9.59 Å². The van der Waals surface area contributed by atoms with Crippen LogP contribution in [-0.4, -0.2) is 34.0 Å². The fraction of sp³-hybridized carbons (Fsp3) is 0.310. The summed E-state index contributed by atoms with van der Waals surface area (Å²) in [6.45, 7) is 6.20. The van der Waals surface area contributed by atoms with E-state index in [1.807, 2.05) is 99.6 Å². The molecule has 0 fully saturated rings. The topological polar surface area (TPSA) is 49.4 Å². The van der Waals surface area contributed by atoms with Gasteiger partial charge in [0.15, 0.2) is 0 Å². The molecule has 0 heterocycles. The van der Waals surface area contributed by atoms with E-state index < -0.39 is 11.6 Å². The Morgan fingerprint density at radius 1 is 0.944 bits per heavy atom. The van der Waals surface area contributed by atoms with Gasteiger partial charge in [0.05, 0.1) is 5.75 Å². The molecule has 0 aliphatic carbocycles. The van der Waals surface area contributed by atoms with Crippen LogP contribution in [0.25, 0.3) is 0 Å². The predicted octanol–water partition coefficient (Wildman–Crippen LogP) is 6.89. The van der Waals surface area contributed by atoms with Gasteiger partial charge in [0, 0.05) is 33.8 Å². The van der Waals surface area contributed by atoms with Gasteiger partial charge in [-0.05, 0) is 61.7 Å². The number of carbonyl (C=O) groups is 2. The normalized spacial score (nSPS) is 12.1. The van der Waals surface area contributed by atoms with Crippen molar-refractivity contribution in [1.29, 1.82) is 0 Å². The van der Waals surface area contributed by atoms with Crippen molar-refractivity contribution >= 4 is 51.1 Å². The molecule has 3 aromatic rings. The van der Waals surface area contributed by atoms with E-state index in [1.165, 1.54) is 11.8 Å². The highest BCUT2D eigenvalue weighted by Gasteiger charge is 2.32. The summed E-state index contributed by atoms with van der Waals surface area (Å²) in [6, 6.07) is 24.7. The molecule has 3 rings (SSSR count). The molecule has 4 nitrogen and oxygen atoms in total. The Kier molecular flexibility index (Phi) is 10.5. The van der Waals surface area contributed by atoms with Crippen molar-refractivity contribution in [2.75, 3.05) is 5.75 Å². The third kappa shape index (κ3) is 9.30. The predicted molar refractivity (Wildman–Crippen MR) is 154 cm³/mol. The highest BCUT2D eigenvalue weighted by atomic mass is 79.9. The third-order valence-electron chi connectivity index (χ3n) is 5.42. The van der Waals surface area contributed by atoms with Crippen molar-refractivity contribution in [2.24, 2.45) is 0 Å². The number of carbonyl (C=O) groups excluding carboxylic acids is 2. The summed E-state index contributed by atoms with van der Waals surface area (Å²) in [5, 5.41) is 3.77. The van der Waals surface area contributed by atoms with E-state index in [-0.39, 0.29) is 17.6 Å². The molecule has 2 amide bonds. The molecule has 7 heteroatoms. The molecule has 0 bridgehead atoms. The summed E-state index contributed by atoms with van der Waals surface area (Å²) in [6.07, 6.45) is 0.435. The van der Waals surface area contributed by atoms with Gasteiger partial charge in [-0.1, -0.05) is 82.1 Å². The second-order valence-electron chi connectivity index (χ2n) is 9.72. The van der Waals surface area contributed by atoms with E-state index in [1.54, 1.807) is 4.90 Å². The van der Waals surface area contributed by atoms with E-state index in [9.17, 15) is 9.59 Å². The summed E-state index contributed by atoms with van der Waals surface area (Å²) >= 11 is 11.1. The molecular weight excluding hydrogens is 556 g/mol. The standard InChI is InChI=1S/C29H32BrClN2O2S/c1-29(2,3)32-28(35)26(17-21-8-5-4-6-9-21)33(18-22-12-14-24(30)15-13-22)27(34)20-36-19-23-10-7-11-25(31)16-23/h4-16,26H,17-20H2,1-3H3,(H,32,35)/t26-/m0/s1. The van der Waals surface area contributed by atoms with Gasteiger partial charge in [0.25, 0.3) is 0 Å². The Hall–Kier alpha value is -2.28. The van der Waals surface area contributed by atoms with Gasteiger partial charge in [-0.25, -0.2) is 0 Å². The first-order valence-electron chi connectivity index (χ1n) is 11.8. The molecule has 0 saturated heterocycles. The SMILES string of the molecule is CC(C)(C)NC(=O)[C@H](Cc1ccccc1)N(Cc1ccc(Br)cc1)C(=O)CSCc1cccc(Cl)c1.